The third kappa shape index (κ3) is 1.35. The molecule has 0 bridgehead atoms. The highest BCUT2D eigenvalue weighted by Crippen LogP contribution is 2.19. The third-order valence-corrected chi connectivity index (χ3v) is 3.08. The fourth-order valence-corrected chi connectivity index (χ4v) is 2.19. The van der Waals surface area contributed by atoms with Crippen LogP contribution in [0.2, 0.25) is 0 Å². The van der Waals surface area contributed by atoms with Gasteiger partial charge in [-0.1, -0.05) is 24.3 Å². The summed E-state index contributed by atoms with van der Waals surface area (Å²) in [6.07, 6.45) is 2.08. The molecule has 0 aliphatic carbocycles. The SMILES string of the molecule is Cc1nnc2n1Cc1ccccc1CC2. The number of rotatable bonds is 0. The van der Waals surface area contributed by atoms with Crippen molar-refractivity contribution >= 4 is 0 Å². The van der Waals surface area contributed by atoms with E-state index in [1.165, 1.54) is 11.1 Å². The minimum absolute atomic E-state index is 0.921. The van der Waals surface area contributed by atoms with E-state index in [4.69, 9.17) is 0 Å². The molecule has 0 unspecified atom stereocenters. The largest absolute Gasteiger partial charge is 0.311 e. The molecule has 0 N–H and O–H groups in total. The van der Waals surface area contributed by atoms with Gasteiger partial charge in [-0.2, -0.15) is 0 Å². The van der Waals surface area contributed by atoms with Crippen molar-refractivity contribution in [1.29, 1.82) is 0 Å². The molecule has 76 valence electrons. The third-order valence-electron chi connectivity index (χ3n) is 3.08. The van der Waals surface area contributed by atoms with Crippen LogP contribution >= 0.6 is 0 Å². The summed E-state index contributed by atoms with van der Waals surface area (Å²) < 4.78 is 2.21. The molecule has 0 saturated carbocycles. The van der Waals surface area contributed by atoms with E-state index in [0.29, 0.717) is 0 Å². The first-order valence-electron chi connectivity index (χ1n) is 5.30. The van der Waals surface area contributed by atoms with Crippen LogP contribution in [0.4, 0.5) is 0 Å². The number of fused-ring (bicyclic) bond motifs is 2. The van der Waals surface area contributed by atoms with Crippen molar-refractivity contribution in [2.45, 2.75) is 26.3 Å². The summed E-state index contributed by atoms with van der Waals surface area (Å²) in [6.45, 7) is 2.94. The second kappa shape index (κ2) is 3.19. The van der Waals surface area contributed by atoms with Gasteiger partial charge in [0.25, 0.3) is 0 Å². The van der Waals surface area contributed by atoms with Gasteiger partial charge in [0.1, 0.15) is 11.6 Å². The van der Waals surface area contributed by atoms with E-state index in [0.717, 1.165) is 31.0 Å². The Morgan fingerprint density at radius 2 is 1.87 bits per heavy atom. The average molecular weight is 199 g/mol. The zero-order valence-corrected chi connectivity index (χ0v) is 8.77. The van der Waals surface area contributed by atoms with Crippen LogP contribution < -0.4 is 0 Å². The molecule has 0 saturated heterocycles. The molecule has 0 radical (unpaired) electrons. The Morgan fingerprint density at radius 3 is 2.73 bits per heavy atom. The molecule has 0 atom stereocenters. The molecule has 1 aliphatic rings. The summed E-state index contributed by atoms with van der Waals surface area (Å²) in [4.78, 5) is 0. The van der Waals surface area contributed by atoms with E-state index in [1.54, 1.807) is 0 Å². The van der Waals surface area contributed by atoms with Crippen molar-refractivity contribution < 1.29 is 0 Å². The summed E-state index contributed by atoms with van der Waals surface area (Å²) in [6, 6.07) is 8.62. The summed E-state index contributed by atoms with van der Waals surface area (Å²) in [5, 5.41) is 8.34. The minimum atomic E-state index is 0.921. The summed E-state index contributed by atoms with van der Waals surface area (Å²) in [5.74, 6) is 2.13. The van der Waals surface area contributed by atoms with Gasteiger partial charge in [0, 0.05) is 6.42 Å². The smallest absolute Gasteiger partial charge is 0.133 e. The highest BCUT2D eigenvalue weighted by Gasteiger charge is 2.15. The fourth-order valence-electron chi connectivity index (χ4n) is 2.19. The second-order valence-electron chi connectivity index (χ2n) is 4.02. The average Bonchev–Trinajstić information content (AvgIpc) is 2.51. The lowest BCUT2D eigenvalue weighted by molar-refractivity contribution is 0.722. The molecule has 1 aromatic carbocycles. The van der Waals surface area contributed by atoms with Crippen LogP contribution in [0, 0.1) is 6.92 Å². The standard InChI is InChI=1S/C12H13N3/c1-9-13-14-12-7-6-10-4-2-3-5-11(10)8-15(9)12/h2-5H,6-8H2,1H3. The molecule has 3 heteroatoms. The number of aryl methyl sites for hydroxylation is 3. The lowest BCUT2D eigenvalue weighted by atomic mass is 10.0. The first kappa shape index (κ1) is 8.65. The molecule has 15 heavy (non-hydrogen) atoms. The first-order valence-corrected chi connectivity index (χ1v) is 5.30. The van der Waals surface area contributed by atoms with Crippen molar-refractivity contribution in [3.8, 4) is 0 Å². The van der Waals surface area contributed by atoms with E-state index < -0.39 is 0 Å². The lowest BCUT2D eigenvalue weighted by Crippen LogP contribution is -2.04. The predicted molar refractivity (Wildman–Crippen MR) is 57.7 cm³/mol. The van der Waals surface area contributed by atoms with Crippen LogP contribution in [0.3, 0.4) is 0 Å². The molecular formula is C12H13N3. The van der Waals surface area contributed by atoms with Gasteiger partial charge in [-0.3, -0.25) is 0 Å². The number of aromatic nitrogens is 3. The van der Waals surface area contributed by atoms with Crippen LogP contribution in [0.5, 0.6) is 0 Å². The summed E-state index contributed by atoms with van der Waals surface area (Å²) in [7, 11) is 0. The van der Waals surface area contributed by atoms with Gasteiger partial charge in [-0.05, 0) is 24.5 Å². The van der Waals surface area contributed by atoms with Crippen molar-refractivity contribution in [2.75, 3.05) is 0 Å². The van der Waals surface area contributed by atoms with E-state index in [-0.39, 0.29) is 0 Å². The van der Waals surface area contributed by atoms with Gasteiger partial charge >= 0.3 is 0 Å². The highest BCUT2D eigenvalue weighted by atomic mass is 15.3. The van der Waals surface area contributed by atoms with Crippen LogP contribution in [0.1, 0.15) is 22.8 Å². The highest BCUT2D eigenvalue weighted by molar-refractivity contribution is 5.29. The maximum atomic E-state index is 4.21. The van der Waals surface area contributed by atoms with Gasteiger partial charge in [-0.25, -0.2) is 0 Å². The molecular weight excluding hydrogens is 186 g/mol. The molecule has 0 spiro atoms. The van der Waals surface area contributed by atoms with E-state index in [1.807, 2.05) is 6.92 Å². The number of nitrogens with zero attached hydrogens (tertiary/aromatic N) is 3. The maximum absolute atomic E-state index is 4.21. The molecule has 3 rings (SSSR count). The predicted octanol–water partition coefficient (Wildman–Crippen LogP) is 1.73. The number of hydrogen-bond donors (Lipinski definition) is 0. The Morgan fingerprint density at radius 1 is 1.07 bits per heavy atom. The maximum Gasteiger partial charge on any atom is 0.133 e. The fraction of sp³-hybridized carbons (Fsp3) is 0.333. The van der Waals surface area contributed by atoms with Gasteiger partial charge in [-0.15, -0.1) is 10.2 Å². The molecule has 2 heterocycles. The van der Waals surface area contributed by atoms with Crippen LogP contribution in [0.25, 0.3) is 0 Å². The monoisotopic (exact) mass is 199 g/mol. The van der Waals surface area contributed by atoms with Gasteiger partial charge in [0.05, 0.1) is 6.54 Å². The molecule has 2 aromatic rings. The van der Waals surface area contributed by atoms with Crippen molar-refractivity contribution in [1.82, 2.24) is 14.8 Å². The normalized spacial score (nSPS) is 14.2. The van der Waals surface area contributed by atoms with Crippen molar-refractivity contribution in [3.05, 3.63) is 47.0 Å². The zero-order valence-electron chi connectivity index (χ0n) is 8.77. The molecule has 1 aromatic heterocycles. The van der Waals surface area contributed by atoms with E-state index >= 15 is 0 Å². The second-order valence-corrected chi connectivity index (χ2v) is 4.02. The van der Waals surface area contributed by atoms with Crippen LogP contribution in [-0.2, 0) is 19.4 Å². The van der Waals surface area contributed by atoms with E-state index in [2.05, 4.69) is 39.0 Å². The van der Waals surface area contributed by atoms with E-state index in [9.17, 15) is 0 Å². The first-order chi connectivity index (χ1) is 7.34. The summed E-state index contributed by atoms with van der Waals surface area (Å²) in [5.41, 5.74) is 2.85. The van der Waals surface area contributed by atoms with Crippen LogP contribution in [0.15, 0.2) is 24.3 Å². The van der Waals surface area contributed by atoms with Crippen molar-refractivity contribution in [2.24, 2.45) is 0 Å². The van der Waals surface area contributed by atoms with Crippen molar-refractivity contribution in [3.63, 3.8) is 0 Å². The minimum Gasteiger partial charge on any atom is -0.311 e. The molecule has 3 nitrogen and oxygen atoms in total. The van der Waals surface area contributed by atoms with Gasteiger partial charge in [0.2, 0.25) is 0 Å². The topological polar surface area (TPSA) is 30.7 Å². The van der Waals surface area contributed by atoms with Gasteiger partial charge < -0.3 is 4.57 Å². The van der Waals surface area contributed by atoms with Crippen LogP contribution in [-0.4, -0.2) is 14.8 Å². The Balaban J connectivity index is 2.12. The Hall–Kier alpha value is -1.64. The molecule has 0 fully saturated rings. The Labute approximate surface area is 88.8 Å². The molecule has 1 aliphatic heterocycles. The Kier molecular flexibility index (Phi) is 1.84. The summed E-state index contributed by atoms with van der Waals surface area (Å²) >= 11 is 0. The number of benzene rings is 1. The van der Waals surface area contributed by atoms with Gasteiger partial charge in [0.15, 0.2) is 0 Å². The number of hydrogen-bond acceptors (Lipinski definition) is 2. The zero-order chi connectivity index (χ0) is 10.3. The lowest BCUT2D eigenvalue weighted by Gasteiger charge is -2.06. The molecule has 0 amide bonds. The quantitative estimate of drug-likeness (QED) is 0.647. The Bertz CT molecular complexity index is 499.